The van der Waals surface area contributed by atoms with E-state index in [9.17, 15) is 10.1 Å². The number of hydrogen-bond donors (Lipinski definition) is 1. The van der Waals surface area contributed by atoms with Crippen molar-refractivity contribution in [2.24, 2.45) is 0 Å². The maximum Gasteiger partial charge on any atom is 0.313 e. The first kappa shape index (κ1) is 15.9. The molecule has 5 nitrogen and oxygen atoms in total. The predicted octanol–water partition coefficient (Wildman–Crippen LogP) is 3.64. The van der Waals surface area contributed by atoms with Crippen molar-refractivity contribution < 1.29 is 4.92 Å². The summed E-state index contributed by atoms with van der Waals surface area (Å²) >= 11 is 0. The van der Waals surface area contributed by atoms with Crippen LogP contribution in [0.25, 0.3) is 0 Å². The molecule has 1 aromatic heterocycles. The summed E-state index contributed by atoms with van der Waals surface area (Å²) in [6.07, 6.45) is 0. The average Bonchev–Trinajstić information content (AvgIpc) is 2.36. The zero-order valence-corrected chi connectivity index (χ0v) is 12.1. The molecule has 0 amide bonds. The lowest BCUT2D eigenvalue weighted by Gasteiger charge is -2.09. The van der Waals surface area contributed by atoms with Gasteiger partial charge in [0.1, 0.15) is 11.4 Å². The van der Waals surface area contributed by atoms with Gasteiger partial charge in [-0.05, 0) is 25.5 Å². The molecule has 0 aliphatic heterocycles. The van der Waals surface area contributed by atoms with Gasteiger partial charge in [0.15, 0.2) is 0 Å². The van der Waals surface area contributed by atoms with Crippen molar-refractivity contribution in [3.63, 3.8) is 0 Å². The van der Waals surface area contributed by atoms with Crippen molar-refractivity contribution in [3.05, 3.63) is 63.5 Å². The number of anilines is 1. The maximum atomic E-state index is 11.1. The zero-order chi connectivity index (χ0) is 13.8. The van der Waals surface area contributed by atoms with E-state index in [1.807, 2.05) is 37.3 Å². The third-order valence-electron chi connectivity index (χ3n) is 2.80. The van der Waals surface area contributed by atoms with E-state index in [1.165, 1.54) is 0 Å². The van der Waals surface area contributed by atoms with Crippen LogP contribution in [0.2, 0.25) is 0 Å². The molecule has 0 fully saturated rings. The van der Waals surface area contributed by atoms with Crippen LogP contribution in [0.15, 0.2) is 36.4 Å². The van der Waals surface area contributed by atoms with Crippen LogP contribution in [-0.2, 0) is 6.54 Å². The van der Waals surface area contributed by atoms with E-state index in [1.54, 1.807) is 13.0 Å². The highest BCUT2D eigenvalue weighted by molar-refractivity contribution is 5.85. The molecular weight excluding hydrogens is 278 g/mol. The van der Waals surface area contributed by atoms with Crippen molar-refractivity contribution in [1.29, 1.82) is 0 Å². The predicted molar refractivity (Wildman–Crippen MR) is 81.4 cm³/mol. The average molecular weight is 294 g/mol. The third kappa shape index (κ3) is 3.68. The van der Waals surface area contributed by atoms with Crippen molar-refractivity contribution in [2.75, 3.05) is 5.32 Å². The number of hydrogen-bond acceptors (Lipinski definition) is 4. The molecule has 0 aliphatic rings. The van der Waals surface area contributed by atoms with Crippen LogP contribution in [0.1, 0.15) is 17.0 Å². The van der Waals surface area contributed by atoms with E-state index in [-0.39, 0.29) is 18.1 Å². The highest BCUT2D eigenvalue weighted by atomic mass is 35.5. The molecule has 0 saturated heterocycles. The van der Waals surface area contributed by atoms with Gasteiger partial charge in [0.05, 0.1) is 4.92 Å². The van der Waals surface area contributed by atoms with Gasteiger partial charge in [0.25, 0.3) is 0 Å². The van der Waals surface area contributed by atoms with Gasteiger partial charge in [-0.2, -0.15) is 0 Å². The van der Waals surface area contributed by atoms with Gasteiger partial charge in [-0.15, -0.1) is 12.4 Å². The molecule has 6 heteroatoms. The monoisotopic (exact) mass is 293 g/mol. The largest absolute Gasteiger partial charge is 0.375 e. The second-order valence-corrected chi connectivity index (χ2v) is 4.34. The lowest BCUT2D eigenvalue weighted by molar-refractivity contribution is -0.384. The fraction of sp³-hybridized carbons (Fsp3) is 0.214. The zero-order valence-electron chi connectivity index (χ0n) is 11.3. The normalized spacial score (nSPS) is 9.70. The van der Waals surface area contributed by atoms with Gasteiger partial charge in [-0.25, -0.2) is 0 Å². The number of halogens is 1. The quantitative estimate of drug-likeness (QED) is 0.690. The fourth-order valence-corrected chi connectivity index (χ4v) is 1.98. The van der Waals surface area contributed by atoms with Crippen molar-refractivity contribution >= 4 is 23.8 Å². The topological polar surface area (TPSA) is 68.1 Å². The Kier molecular flexibility index (Phi) is 5.46. The van der Waals surface area contributed by atoms with E-state index in [0.717, 1.165) is 11.3 Å². The molecule has 2 aromatic rings. The number of nitro groups is 1. The number of rotatable bonds is 4. The van der Waals surface area contributed by atoms with Crippen LogP contribution in [0.3, 0.4) is 0 Å². The Morgan fingerprint density at radius 1 is 1.25 bits per heavy atom. The highest BCUT2D eigenvalue weighted by Crippen LogP contribution is 2.28. The van der Waals surface area contributed by atoms with E-state index < -0.39 is 4.92 Å². The molecule has 1 aromatic carbocycles. The first-order valence-corrected chi connectivity index (χ1v) is 5.98. The lowest BCUT2D eigenvalue weighted by atomic mass is 10.2. The molecule has 1 heterocycles. The summed E-state index contributed by atoms with van der Waals surface area (Å²) in [5.74, 6) is 0. The molecule has 0 atom stereocenters. The standard InChI is InChI=1S/C14H15N3O2.ClH/c1-10-8-13(14(17(18)19)11(2)16-10)15-9-12-6-4-3-5-7-12;/h3-8H,9H2,1-2H3,(H,15,16);1H. The van der Waals surface area contributed by atoms with Crippen LogP contribution < -0.4 is 5.32 Å². The Bertz CT molecular complexity index is 603. The second-order valence-electron chi connectivity index (χ2n) is 4.34. The summed E-state index contributed by atoms with van der Waals surface area (Å²) in [7, 11) is 0. The number of aryl methyl sites for hydroxylation is 2. The van der Waals surface area contributed by atoms with Crippen LogP contribution in [0.4, 0.5) is 11.4 Å². The van der Waals surface area contributed by atoms with Crippen LogP contribution in [0, 0.1) is 24.0 Å². The molecule has 0 radical (unpaired) electrons. The molecule has 2 rings (SSSR count). The Morgan fingerprint density at radius 2 is 1.90 bits per heavy atom. The molecule has 0 saturated carbocycles. The highest BCUT2D eigenvalue weighted by Gasteiger charge is 2.18. The first-order chi connectivity index (χ1) is 9.08. The van der Waals surface area contributed by atoms with Crippen LogP contribution in [0.5, 0.6) is 0 Å². The Hall–Kier alpha value is -2.14. The second kappa shape index (κ2) is 6.86. The smallest absolute Gasteiger partial charge is 0.313 e. The van der Waals surface area contributed by atoms with Gasteiger partial charge >= 0.3 is 5.69 Å². The first-order valence-electron chi connectivity index (χ1n) is 5.98. The molecule has 0 spiro atoms. The van der Waals surface area contributed by atoms with Gasteiger partial charge in [0, 0.05) is 12.2 Å². The van der Waals surface area contributed by atoms with Crippen molar-refractivity contribution in [1.82, 2.24) is 4.98 Å². The summed E-state index contributed by atoms with van der Waals surface area (Å²) < 4.78 is 0. The molecule has 1 N–H and O–H groups in total. The van der Waals surface area contributed by atoms with Gasteiger partial charge in [0.2, 0.25) is 0 Å². The summed E-state index contributed by atoms with van der Waals surface area (Å²) in [6.45, 7) is 4.02. The molecule has 0 bridgehead atoms. The van der Waals surface area contributed by atoms with E-state index in [4.69, 9.17) is 0 Å². The Morgan fingerprint density at radius 3 is 2.50 bits per heavy atom. The van der Waals surface area contributed by atoms with Crippen LogP contribution >= 0.6 is 12.4 Å². The van der Waals surface area contributed by atoms with E-state index in [2.05, 4.69) is 10.3 Å². The molecule has 0 unspecified atom stereocenters. The maximum absolute atomic E-state index is 11.1. The third-order valence-corrected chi connectivity index (χ3v) is 2.80. The minimum atomic E-state index is -0.394. The van der Waals surface area contributed by atoms with Gasteiger partial charge in [-0.1, -0.05) is 30.3 Å². The molecule has 20 heavy (non-hydrogen) atoms. The number of pyridine rings is 1. The van der Waals surface area contributed by atoms with E-state index >= 15 is 0 Å². The number of nitrogens with zero attached hydrogens (tertiary/aromatic N) is 2. The van der Waals surface area contributed by atoms with Gasteiger partial charge < -0.3 is 5.32 Å². The minimum absolute atomic E-state index is 0. The summed E-state index contributed by atoms with van der Waals surface area (Å²) in [6, 6.07) is 11.5. The van der Waals surface area contributed by atoms with Crippen molar-refractivity contribution in [2.45, 2.75) is 20.4 Å². The van der Waals surface area contributed by atoms with Crippen molar-refractivity contribution in [3.8, 4) is 0 Å². The fourth-order valence-electron chi connectivity index (χ4n) is 1.98. The lowest BCUT2D eigenvalue weighted by Crippen LogP contribution is -2.05. The summed E-state index contributed by atoms with van der Waals surface area (Å²) in [5.41, 5.74) is 2.82. The number of nitrogens with one attached hydrogen (secondary N) is 1. The number of benzene rings is 1. The minimum Gasteiger partial charge on any atom is -0.375 e. The molecule has 106 valence electrons. The summed E-state index contributed by atoms with van der Waals surface area (Å²) in [4.78, 5) is 14.8. The summed E-state index contributed by atoms with van der Waals surface area (Å²) in [5, 5.41) is 14.2. The SMILES string of the molecule is Cc1cc(NCc2ccccc2)c([N+](=O)[O-])c(C)n1.Cl. The van der Waals surface area contributed by atoms with E-state index in [0.29, 0.717) is 17.9 Å². The number of aromatic nitrogens is 1. The molecular formula is C14H16ClN3O2. The molecule has 0 aliphatic carbocycles. The van der Waals surface area contributed by atoms with Gasteiger partial charge in [-0.3, -0.25) is 15.1 Å². The Balaban J connectivity index is 0.00000200. The van der Waals surface area contributed by atoms with Crippen LogP contribution in [-0.4, -0.2) is 9.91 Å². The Labute approximate surface area is 123 Å².